The van der Waals surface area contributed by atoms with Crippen LogP contribution in [0.3, 0.4) is 0 Å². The van der Waals surface area contributed by atoms with Gasteiger partial charge in [-0.1, -0.05) is 0 Å². The fourth-order valence-corrected chi connectivity index (χ4v) is 3.34. The number of aromatic nitrogens is 1. The first-order valence-corrected chi connectivity index (χ1v) is 7.70. The number of nitrogens with one attached hydrogen (secondary N) is 1. The summed E-state index contributed by atoms with van der Waals surface area (Å²) in [6.45, 7) is 1.67. The lowest BCUT2D eigenvalue weighted by molar-refractivity contribution is -0.124. The van der Waals surface area contributed by atoms with Crippen LogP contribution < -0.4 is 11.2 Å². The second kappa shape index (κ2) is 6.04. The molecule has 1 aromatic heterocycles. The molecule has 0 atom stereocenters. The standard InChI is InChI=1S/C14H15N3O4S/c1-10-8-12(15)3-4-13(10)22(20,21)17-7-6-11(9-17)2-5-14(18)16-19/h2-9,19H,15H2,1H3,(H,16,18)/b5-2+. The third-order valence-corrected chi connectivity index (χ3v) is 4.78. The fraction of sp³-hybridized carbons (Fsp3) is 0.0714. The van der Waals surface area contributed by atoms with Gasteiger partial charge >= 0.3 is 0 Å². The Bertz CT molecular complexity index is 838. The van der Waals surface area contributed by atoms with Gasteiger partial charge in [-0.3, -0.25) is 10.0 Å². The minimum atomic E-state index is -3.73. The van der Waals surface area contributed by atoms with Gasteiger partial charge < -0.3 is 5.73 Å². The molecule has 1 aromatic carbocycles. The van der Waals surface area contributed by atoms with Crippen LogP contribution in [0.2, 0.25) is 0 Å². The van der Waals surface area contributed by atoms with Gasteiger partial charge in [-0.2, -0.15) is 0 Å². The summed E-state index contributed by atoms with van der Waals surface area (Å²) < 4.78 is 26.2. The van der Waals surface area contributed by atoms with E-state index in [1.165, 1.54) is 42.1 Å². The molecule has 0 radical (unpaired) electrons. The highest BCUT2D eigenvalue weighted by Crippen LogP contribution is 2.21. The van der Waals surface area contributed by atoms with E-state index in [4.69, 9.17) is 10.9 Å². The zero-order valence-electron chi connectivity index (χ0n) is 11.7. The van der Waals surface area contributed by atoms with Crippen LogP contribution in [0.15, 0.2) is 47.6 Å². The molecule has 0 aliphatic carbocycles. The zero-order chi connectivity index (χ0) is 16.3. The van der Waals surface area contributed by atoms with Gasteiger partial charge in [-0.15, -0.1) is 0 Å². The van der Waals surface area contributed by atoms with Crippen molar-refractivity contribution in [2.45, 2.75) is 11.8 Å². The highest BCUT2D eigenvalue weighted by molar-refractivity contribution is 7.90. The second-order valence-corrected chi connectivity index (χ2v) is 6.43. The molecule has 116 valence electrons. The Morgan fingerprint density at radius 3 is 2.73 bits per heavy atom. The number of nitrogen functional groups attached to an aromatic ring is 1. The van der Waals surface area contributed by atoms with E-state index in [0.717, 1.165) is 10.0 Å². The number of carbonyl (C=O) groups excluding carboxylic acids is 1. The van der Waals surface area contributed by atoms with Crippen molar-refractivity contribution in [2.24, 2.45) is 0 Å². The van der Waals surface area contributed by atoms with Crippen LogP contribution in [0, 0.1) is 6.92 Å². The van der Waals surface area contributed by atoms with Crippen molar-refractivity contribution in [2.75, 3.05) is 5.73 Å². The van der Waals surface area contributed by atoms with Gasteiger partial charge in [0.25, 0.3) is 15.9 Å². The minimum Gasteiger partial charge on any atom is -0.399 e. The van der Waals surface area contributed by atoms with Crippen molar-refractivity contribution >= 4 is 27.7 Å². The van der Waals surface area contributed by atoms with Gasteiger partial charge in [0.05, 0.1) is 4.90 Å². The average Bonchev–Trinajstić information content (AvgIpc) is 2.94. The third-order valence-electron chi connectivity index (χ3n) is 2.98. The molecule has 0 fully saturated rings. The molecule has 0 saturated carbocycles. The lowest BCUT2D eigenvalue weighted by Gasteiger charge is -2.09. The van der Waals surface area contributed by atoms with Gasteiger partial charge in [0.15, 0.2) is 0 Å². The molecule has 0 spiro atoms. The summed E-state index contributed by atoms with van der Waals surface area (Å²) in [6.07, 6.45) is 5.21. The summed E-state index contributed by atoms with van der Waals surface area (Å²) in [5.74, 6) is -0.704. The largest absolute Gasteiger partial charge is 0.399 e. The van der Waals surface area contributed by atoms with Crippen LogP contribution in [0.1, 0.15) is 11.1 Å². The fourth-order valence-electron chi connectivity index (χ4n) is 1.93. The maximum absolute atomic E-state index is 12.6. The molecular formula is C14H15N3O4S. The quantitative estimate of drug-likeness (QED) is 0.338. The Labute approximate surface area is 127 Å². The van der Waals surface area contributed by atoms with Crippen LogP contribution in [-0.4, -0.2) is 23.5 Å². The van der Waals surface area contributed by atoms with Crippen molar-refractivity contribution in [1.82, 2.24) is 9.45 Å². The van der Waals surface area contributed by atoms with E-state index in [-0.39, 0.29) is 4.90 Å². The Morgan fingerprint density at radius 2 is 2.09 bits per heavy atom. The molecule has 8 heteroatoms. The number of hydrogen-bond donors (Lipinski definition) is 3. The second-order valence-electron chi connectivity index (χ2n) is 4.61. The number of rotatable bonds is 4. The normalized spacial score (nSPS) is 11.7. The Balaban J connectivity index is 2.37. The number of nitrogens with two attached hydrogens (primary N) is 1. The van der Waals surface area contributed by atoms with Crippen molar-refractivity contribution in [1.29, 1.82) is 0 Å². The number of carbonyl (C=O) groups is 1. The van der Waals surface area contributed by atoms with Crippen LogP contribution in [0.5, 0.6) is 0 Å². The number of hydroxylamine groups is 1. The molecule has 1 amide bonds. The van der Waals surface area contributed by atoms with Crippen LogP contribution in [0.4, 0.5) is 5.69 Å². The smallest absolute Gasteiger partial charge is 0.267 e. The molecular weight excluding hydrogens is 306 g/mol. The first-order chi connectivity index (χ1) is 10.3. The lowest BCUT2D eigenvalue weighted by Crippen LogP contribution is -2.14. The molecule has 4 N–H and O–H groups in total. The summed E-state index contributed by atoms with van der Waals surface area (Å²) >= 11 is 0. The van der Waals surface area contributed by atoms with Crippen molar-refractivity contribution in [3.63, 3.8) is 0 Å². The van der Waals surface area contributed by atoms with Crippen LogP contribution >= 0.6 is 0 Å². The van der Waals surface area contributed by atoms with Gasteiger partial charge in [-0.05, 0) is 48.4 Å². The summed E-state index contributed by atoms with van der Waals surface area (Å²) in [4.78, 5) is 11.1. The van der Waals surface area contributed by atoms with Crippen molar-refractivity contribution in [3.05, 3.63) is 53.9 Å². The third kappa shape index (κ3) is 3.18. The summed E-state index contributed by atoms with van der Waals surface area (Å²) in [7, 11) is -3.73. The highest BCUT2D eigenvalue weighted by Gasteiger charge is 2.18. The predicted octanol–water partition coefficient (Wildman–Crippen LogP) is 1.13. The van der Waals surface area contributed by atoms with Crippen molar-refractivity contribution in [3.8, 4) is 0 Å². The number of amides is 1. The summed E-state index contributed by atoms with van der Waals surface area (Å²) in [5, 5.41) is 8.39. The first-order valence-electron chi connectivity index (χ1n) is 6.26. The average molecular weight is 321 g/mol. The van der Waals surface area contributed by atoms with E-state index < -0.39 is 15.9 Å². The number of benzene rings is 1. The topological polar surface area (TPSA) is 114 Å². The van der Waals surface area contributed by atoms with Crippen LogP contribution in [-0.2, 0) is 14.8 Å². The molecule has 2 rings (SSSR count). The van der Waals surface area contributed by atoms with E-state index in [9.17, 15) is 13.2 Å². The van der Waals surface area contributed by atoms with Crippen LogP contribution in [0.25, 0.3) is 6.08 Å². The number of anilines is 1. The predicted molar refractivity (Wildman–Crippen MR) is 81.6 cm³/mol. The molecule has 0 aliphatic heterocycles. The maximum Gasteiger partial charge on any atom is 0.267 e. The maximum atomic E-state index is 12.6. The van der Waals surface area contributed by atoms with Gasteiger partial charge in [0.2, 0.25) is 0 Å². The Kier molecular flexibility index (Phi) is 4.34. The molecule has 0 aliphatic rings. The highest BCUT2D eigenvalue weighted by atomic mass is 32.2. The van der Waals surface area contributed by atoms with E-state index in [2.05, 4.69) is 0 Å². The lowest BCUT2D eigenvalue weighted by atomic mass is 10.2. The van der Waals surface area contributed by atoms with E-state index in [0.29, 0.717) is 16.8 Å². The number of aryl methyl sites for hydroxylation is 1. The molecule has 0 saturated heterocycles. The number of nitrogens with zero attached hydrogens (tertiary/aromatic N) is 1. The molecule has 0 bridgehead atoms. The molecule has 2 aromatic rings. The SMILES string of the molecule is Cc1cc(N)ccc1S(=O)(=O)n1ccc(/C=C/C(=O)NO)c1. The molecule has 0 unspecified atom stereocenters. The minimum absolute atomic E-state index is 0.154. The Morgan fingerprint density at radius 1 is 1.36 bits per heavy atom. The summed E-state index contributed by atoms with van der Waals surface area (Å²) in [6, 6.07) is 6.10. The first kappa shape index (κ1) is 15.8. The van der Waals surface area contributed by atoms with Gasteiger partial charge in [0, 0.05) is 24.2 Å². The van der Waals surface area contributed by atoms with Crippen molar-refractivity contribution < 1.29 is 18.4 Å². The molecule has 22 heavy (non-hydrogen) atoms. The zero-order valence-corrected chi connectivity index (χ0v) is 12.5. The summed E-state index contributed by atoms with van der Waals surface area (Å²) in [5.41, 5.74) is 8.61. The molecule has 7 nitrogen and oxygen atoms in total. The van der Waals surface area contributed by atoms with Gasteiger partial charge in [0.1, 0.15) is 0 Å². The van der Waals surface area contributed by atoms with E-state index in [1.807, 2.05) is 0 Å². The van der Waals surface area contributed by atoms with E-state index in [1.54, 1.807) is 13.0 Å². The van der Waals surface area contributed by atoms with Gasteiger partial charge in [-0.25, -0.2) is 17.9 Å². The van der Waals surface area contributed by atoms with E-state index >= 15 is 0 Å². The Hall–Kier alpha value is -2.58. The molecule has 1 heterocycles. The monoisotopic (exact) mass is 321 g/mol. The number of hydrogen-bond acceptors (Lipinski definition) is 5.